The van der Waals surface area contributed by atoms with Crippen LogP contribution in [0.1, 0.15) is 19.4 Å². The molecule has 1 N–H and O–H groups in total. The van der Waals surface area contributed by atoms with Crippen molar-refractivity contribution in [2.24, 2.45) is 0 Å². The summed E-state index contributed by atoms with van der Waals surface area (Å²) in [6.45, 7) is 3.01. The average molecular weight is 285 g/mol. The number of hydrogen-bond acceptors (Lipinski definition) is 3. The lowest BCUT2D eigenvalue weighted by atomic mass is 9.99. The second-order valence-corrected chi connectivity index (χ2v) is 4.99. The molecule has 0 spiro atoms. The van der Waals surface area contributed by atoms with Crippen molar-refractivity contribution in [3.8, 4) is 11.3 Å². The summed E-state index contributed by atoms with van der Waals surface area (Å²) >= 11 is 5.53. The molecule has 0 aliphatic rings. The van der Waals surface area contributed by atoms with Gasteiger partial charge in [0.25, 0.3) is 0 Å². The van der Waals surface area contributed by atoms with E-state index in [9.17, 15) is 13.9 Å². The lowest BCUT2D eigenvalue weighted by Crippen LogP contribution is -2.16. The van der Waals surface area contributed by atoms with Gasteiger partial charge in [0.15, 0.2) is 0 Å². The molecule has 2 aromatic rings. The molecule has 0 aliphatic heterocycles. The van der Waals surface area contributed by atoms with Crippen LogP contribution in [0.3, 0.4) is 0 Å². The molecule has 0 aliphatic carbocycles. The molecule has 0 unspecified atom stereocenters. The number of hydrogen-bond donors (Lipinski definition) is 1. The number of nitrogens with zero attached hydrogens (tertiary/aromatic N) is 2. The predicted molar refractivity (Wildman–Crippen MR) is 67.6 cm³/mol. The van der Waals surface area contributed by atoms with Crippen molar-refractivity contribution in [2.45, 2.75) is 19.4 Å². The van der Waals surface area contributed by atoms with Crippen LogP contribution in [0.5, 0.6) is 0 Å². The summed E-state index contributed by atoms with van der Waals surface area (Å²) in [6, 6.07) is 2.11. The zero-order chi connectivity index (χ0) is 14.2. The Bertz CT molecular complexity index is 627. The molecule has 19 heavy (non-hydrogen) atoms. The fraction of sp³-hybridized carbons (Fsp3) is 0.231. The molecule has 0 bridgehead atoms. The van der Waals surface area contributed by atoms with E-state index in [-0.39, 0.29) is 16.4 Å². The van der Waals surface area contributed by atoms with Gasteiger partial charge < -0.3 is 5.11 Å². The van der Waals surface area contributed by atoms with Gasteiger partial charge in [-0.05, 0) is 19.9 Å². The first kappa shape index (κ1) is 13.8. The molecule has 2 aromatic heterocycles. The fourth-order valence-corrected chi connectivity index (χ4v) is 1.70. The summed E-state index contributed by atoms with van der Waals surface area (Å²) in [7, 11) is 0. The first-order chi connectivity index (χ1) is 8.79. The van der Waals surface area contributed by atoms with Gasteiger partial charge in [0.1, 0.15) is 22.5 Å². The first-order valence-electron chi connectivity index (χ1n) is 5.49. The highest BCUT2D eigenvalue weighted by Crippen LogP contribution is 2.27. The molecule has 0 saturated heterocycles. The minimum Gasteiger partial charge on any atom is -0.386 e. The van der Waals surface area contributed by atoms with E-state index < -0.39 is 17.2 Å². The summed E-state index contributed by atoms with van der Waals surface area (Å²) in [5.74, 6) is -1.44. The van der Waals surface area contributed by atoms with Crippen LogP contribution >= 0.6 is 11.6 Å². The summed E-state index contributed by atoms with van der Waals surface area (Å²) in [4.78, 5) is 7.55. The second kappa shape index (κ2) is 4.83. The van der Waals surface area contributed by atoms with Crippen molar-refractivity contribution in [1.82, 2.24) is 9.97 Å². The third-order valence-electron chi connectivity index (χ3n) is 2.62. The standard InChI is InChI=1S/C13H11ClF2N2O/c1-13(2,19)7-3-10(16)12(18-5-7)8-6-17-11(14)4-9(8)15/h3-6,19H,1-2H3. The smallest absolute Gasteiger partial charge is 0.150 e. The van der Waals surface area contributed by atoms with Crippen LogP contribution < -0.4 is 0 Å². The maximum absolute atomic E-state index is 13.9. The van der Waals surface area contributed by atoms with Gasteiger partial charge in [0, 0.05) is 24.0 Å². The predicted octanol–water partition coefficient (Wildman–Crippen LogP) is 3.30. The highest BCUT2D eigenvalue weighted by molar-refractivity contribution is 6.29. The topological polar surface area (TPSA) is 46.0 Å². The lowest BCUT2D eigenvalue weighted by Gasteiger charge is -2.17. The maximum Gasteiger partial charge on any atom is 0.150 e. The van der Waals surface area contributed by atoms with Gasteiger partial charge in [0.05, 0.1) is 11.2 Å². The monoisotopic (exact) mass is 284 g/mol. The molecule has 2 rings (SSSR count). The van der Waals surface area contributed by atoms with Crippen LogP contribution in [0.4, 0.5) is 8.78 Å². The molecule has 0 aromatic carbocycles. The molecular weight excluding hydrogens is 274 g/mol. The minimum atomic E-state index is -1.22. The van der Waals surface area contributed by atoms with E-state index in [1.807, 2.05) is 0 Å². The molecule has 0 fully saturated rings. The van der Waals surface area contributed by atoms with Crippen molar-refractivity contribution in [3.63, 3.8) is 0 Å². The highest BCUT2D eigenvalue weighted by Gasteiger charge is 2.20. The van der Waals surface area contributed by atoms with Gasteiger partial charge in [-0.2, -0.15) is 0 Å². The zero-order valence-corrected chi connectivity index (χ0v) is 11.0. The normalized spacial score (nSPS) is 11.7. The summed E-state index contributed by atoms with van der Waals surface area (Å²) in [5, 5.41) is 9.74. The number of aromatic nitrogens is 2. The van der Waals surface area contributed by atoms with Gasteiger partial charge in [-0.25, -0.2) is 13.8 Å². The minimum absolute atomic E-state index is 0.0187. The molecule has 3 nitrogen and oxygen atoms in total. The van der Waals surface area contributed by atoms with Crippen molar-refractivity contribution < 1.29 is 13.9 Å². The van der Waals surface area contributed by atoms with E-state index >= 15 is 0 Å². The fourth-order valence-electron chi connectivity index (χ4n) is 1.55. The highest BCUT2D eigenvalue weighted by atomic mass is 35.5. The van der Waals surface area contributed by atoms with Crippen LogP contribution in [0.15, 0.2) is 24.5 Å². The Kier molecular flexibility index (Phi) is 3.52. The van der Waals surface area contributed by atoms with Crippen LogP contribution in [0, 0.1) is 11.6 Å². The number of rotatable bonds is 2. The Morgan fingerprint density at radius 3 is 2.32 bits per heavy atom. The quantitative estimate of drug-likeness (QED) is 0.861. The van der Waals surface area contributed by atoms with Gasteiger partial charge in [-0.1, -0.05) is 11.6 Å². The molecule has 100 valence electrons. The van der Waals surface area contributed by atoms with E-state index in [1.165, 1.54) is 20.0 Å². The van der Waals surface area contributed by atoms with Gasteiger partial charge in [-0.3, -0.25) is 4.98 Å². The van der Waals surface area contributed by atoms with E-state index in [1.54, 1.807) is 0 Å². The van der Waals surface area contributed by atoms with E-state index in [2.05, 4.69) is 9.97 Å². The van der Waals surface area contributed by atoms with Crippen molar-refractivity contribution in [1.29, 1.82) is 0 Å². The van der Waals surface area contributed by atoms with Gasteiger partial charge in [-0.15, -0.1) is 0 Å². The third kappa shape index (κ3) is 2.88. The summed E-state index contributed by atoms with van der Waals surface area (Å²) in [6.07, 6.45) is 2.42. The van der Waals surface area contributed by atoms with E-state index in [0.29, 0.717) is 5.56 Å². The molecule has 0 radical (unpaired) electrons. The van der Waals surface area contributed by atoms with Crippen LogP contribution in [-0.4, -0.2) is 15.1 Å². The Balaban J connectivity index is 2.52. The molecule has 0 saturated carbocycles. The number of halogens is 3. The third-order valence-corrected chi connectivity index (χ3v) is 2.83. The van der Waals surface area contributed by atoms with E-state index in [4.69, 9.17) is 11.6 Å². The summed E-state index contributed by atoms with van der Waals surface area (Å²) in [5.41, 5.74) is -1.17. The van der Waals surface area contributed by atoms with Crippen molar-refractivity contribution >= 4 is 11.6 Å². The number of pyridine rings is 2. The molecule has 6 heteroatoms. The Morgan fingerprint density at radius 1 is 1.11 bits per heavy atom. The Labute approximate surface area is 113 Å². The Morgan fingerprint density at radius 2 is 1.79 bits per heavy atom. The maximum atomic E-state index is 13.9. The van der Waals surface area contributed by atoms with Crippen molar-refractivity contribution in [3.05, 3.63) is 46.9 Å². The lowest BCUT2D eigenvalue weighted by molar-refractivity contribution is 0.0778. The van der Waals surface area contributed by atoms with E-state index in [0.717, 1.165) is 18.3 Å². The first-order valence-corrected chi connectivity index (χ1v) is 5.86. The zero-order valence-electron chi connectivity index (χ0n) is 10.3. The summed E-state index contributed by atoms with van der Waals surface area (Å²) < 4.78 is 27.6. The van der Waals surface area contributed by atoms with Gasteiger partial charge >= 0.3 is 0 Å². The average Bonchev–Trinajstić information content (AvgIpc) is 2.28. The van der Waals surface area contributed by atoms with Crippen LogP contribution in [0.2, 0.25) is 5.15 Å². The second-order valence-electron chi connectivity index (χ2n) is 4.60. The van der Waals surface area contributed by atoms with Gasteiger partial charge in [0.2, 0.25) is 0 Å². The Hall–Kier alpha value is -1.59. The van der Waals surface area contributed by atoms with Crippen LogP contribution in [0.25, 0.3) is 11.3 Å². The van der Waals surface area contributed by atoms with Crippen molar-refractivity contribution in [2.75, 3.05) is 0 Å². The van der Waals surface area contributed by atoms with Crippen LogP contribution in [-0.2, 0) is 5.60 Å². The molecule has 2 heterocycles. The molecule has 0 atom stereocenters. The molecular formula is C13H11ClF2N2O. The molecule has 0 amide bonds. The number of aliphatic hydroxyl groups is 1. The largest absolute Gasteiger partial charge is 0.386 e. The SMILES string of the molecule is CC(C)(O)c1cnc(-c2cnc(Cl)cc2F)c(F)c1.